The summed E-state index contributed by atoms with van der Waals surface area (Å²) in [6.07, 6.45) is 0. The number of fused-ring (bicyclic) bond motifs is 1. The zero-order valence-corrected chi connectivity index (χ0v) is 12.0. The maximum Gasteiger partial charge on any atom is 0.138 e. The Kier molecular flexibility index (Phi) is 3.77. The van der Waals surface area contributed by atoms with E-state index in [1.54, 1.807) is 0 Å². The third kappa shape index (κ3) is 2.84. The number of halogens is 1. The van der Waals surface area contributed by atoms with E-state index in [-0.39, 0.29) is 0 Å². The molecule has 0 aliphatic carbocycles. The summed E-state index contributed by atoms with van der Waals surface area (Å²) in [5.74, 6) is 0.603. The molecule has 0 aliphatic heterocycles. The van der Waals surface area contributed by atoms with Crippen molar-refractivity contribution in [2.75, 3.05) is 0 Å². The quantitative estimate of drug-likeness (QED) is 0.685. The number of hydrogen-bond donors (Lipinski definition) is 0. The van der Waals surface area contributed by atoms with Crippen molar-refractivity contribution in [3.05, 3.63) is 76.8 Å². The third-order valence-corrected chi connectivity index (χ3v) is 3.56. The molecule has 3 rings (SSSR count). The maximum absolute atomic E-state index is 9.40. The first-order chi connectivity index (χ1) is 10.3. The van der Waals surface area contributed by atoms with Crippen LogP contribution >= 0.6 is 11.6 Å². The summed E-state index contributed by atoms with van der Waals surface area (Å²) in [7, 11) is 0. The maximum atomic E-state index is 9.40. The van der Waals surface area contributed by atoms with Crippen molar-refractivity contribution in [1.29, 1.82) is 5.26 Å². The number of ether oxygens (including phenoxy) is 1. The fourth-order valence-corrected chi connectivity index (χ4v) is 2.35. The molecule has 0 unspecified atom stereocenters. The Bertz CT molecular complexity index is 819. The molecule has 0 radical (unpaired) electrons. The second-order valence-electron chi connectivity index (χ2n) is 4.69. The first-order valence-corrected chi connectivity index (χ1v) is 6.95. The highest BCUT2D eigenvalue weighted by molar-refractivity contribution is 6.30. The lowest BCUT2D eigenvalue weighted by molar-refractivity contribution is 0.306. The Morgan fingerprint density at radius 2 is 1.71 bits per heavy atom. The molecule has 0 fully saturated rings. The van der Waals surface area contributed by atoms with Crippen molar-refractivity contribution in [1.82, 2.24) is 0 Å². The Hall–Kier alpha value is -2.50. The van der Waals surface area contributed by atoms with E-state index in [0.717, 1.165) is 16.3 Å². The Balaban J connectivity index is 1.90. The van der Waals surface area contributed by atoms with Crippen LogP contribution in [0.2, 0.25) is 5.02 Å². The van der Waals surface area contributed by atoms with E-state index < -0.39 is 0 Å². The highest BCUT2D eigenvalue weighted by Gasteiger charge is 2.08. The van der Waals surface area contributed by atoms with Crippen molar-refractivity contribution in [2.45, 2.75) is 6.61 Å². The normalized spacial score (nSPS) is 10.3. The molecule has 0 saturated heterocycles. The lowest BCUT2D eigenvalue weighted by Crippen LogP contribution is -1.97. The van der Waals surface area contributed by atoms with Crippen LogP contribution in [0.25, 0.3) is 10.8 Å². The smallest absolute Gasteiger partial charge is 0.138 e. The molecular formula is C18H12ClNO. The predicted molar refractivity (Wildman–Crippen MR) is 84.4 cm³/mol. The van der Waals surface area contributed by atoms with Gasteiger partial charge < -0.3 is 4.74 Å². The van der Waals surface area contributed by atoms with E-state index in [4.69, 9.17) is 16.3 Å². The molecule has 0 spiro atoms. The molecule has 0 atom stereocenters. The summed E-state index contributed by atoms with van der Waals surface area (Å²) >= 11 is 5.86. The molecule has 0 bridgehead atoms. The van der Waals surface area contributed by atoms with Crippen molar-refractivity contribution in [3.8, 4) is 11.8 Å². The summed E-state index contributed by atoms with van der Waals surface area (Å²) in [6.45, 7) is 0.407. The highest BCUT2D eigenvalue weighted by Crippen LogP contribution is 2.28. The standard InChI is InChI=1S/C18H12ClNO/c19-15-8-5-13(6-9-15)12-21-18-10-7-14-3-1-2-4-16(14)17(18)11-20/h1-10H,12H2. The monoisotopic (exact) mass is 293 g/mol. The fraction of sp³-hybridized carbons (Fsp3) is 0.0556. The zero-order valence-electron chi connectivity index (χ0n) is 11.2. The molecule has 102 valence electrons. The van der Waals surface area contributed by atoms with Crippen molar-refractivity contribution < 1.29 is 4.74 Å². The van der Waals surface area contributed by atoms with Gasteiger partial charge in [-0.3, -0.25) is 0 Å². The highest BCUT2D eigenvalue weighted by atomic mass is 35.5. The van der Waals surface area contributed by atoms with E-state index >= 15 is 0 Å². The minimum Gasteiger partial charge on any atom is -0.487 e. The Morgan fingerprint density at radius 3 is 2.48 bits per heavy atom. The van der Waals surface area contributed by atoms with Crippen LogP contribution in [-0.4, -0.2) is 0 Å². The van der Waals surface area contributed by atoms with Gasteiger partial charge in [-0.15, -0.1) is 0 Å². The lowest BCUT2D eigenvalue weighted by atomic mass is 10.0. The molecule has 21 heavy (non-hydrogen) atoms. The van der Waals surface area contributed by atoms with Gasteiger partial charge >= 0.3 is 0 Å². The van der Waals surface area contributed by atoms with Crippen LogP contribution in [0.1, 0.15) is 11.1 Å². The van der Waals surface area contributed by atoms with Gasteiger partial charge in [0.1, 0.15) is 24.0 Å². The van der Waals surface area contributed by atoms with Gasteiger partial charge in [0.25, 0.3) is 0 Å². The molecule has 0 aliphatic rings. The van der Waals surface area contributed by atoms with E-state index in [1.807, 2.05) is 60.7 Å². The zero-order chi connectivity index (χ0) is 14.7. The number of nitriles is 1. The van der Waals surface area contributed by atoms with E-state index in [0.29, 0.717) is 22.9 Å². The molecule has 0 aromatic heterocycles. The van der Waals surface area contributed by atoms with Crippen molar-refractivity contribution >= 4 is 22.4 Å². The van der Waals surface area contributed by atoms with E-state index in [2.05, 4.69) is 6.07 Å². The lowest BCUT2D eigenvalue weighted by Gasteiger charge is -2.10. The van der Waals surface area contributed by atoms with Crippen LogP contribution in [0, 0.1) is 11.3 Å². The molecule has 3 aromatic carbocycles. The molecule has 2 nitrogen and oxygen atoms in total. The predicted octanol–water partition coefficient (Wildman–Crippen LogP) is 4.94. The summed E-state index contributed by atoms with van der Waals surface area (Å²) in [5, 5.41) is 12.0. The fourth-order valence-electron chi connectivity index (χ4n) is 2.23. The van der Waals surface area contributed by atoms with Crippen LogP contribution in [-0.2, 0) is 6.61 Å². The van der Waals surface area contributed by atoms with Crippen molar-refractivity contribution in [2.24, 2.45) is 0 Å². The van der Waals surface area contributed by atoms with Crippen molar-refractivity contribution in [3.63, 3.8) is 0 Å². The molecule has 3 heteroatoms. The Morgan fingerprint density at radius 1 is 0.952 bits per heavy atom. The molecule has 0 amide bonds. The summed E-state index contributed by atoms with van der Waals surface area (Å²) < 4.78 is 5.80. The van der Waals surface area contributed by atoms with Crippen LogP contribution < -0.4 is 4.74 Å². The van der Waals surface area contributed by atoms with Crippen LogP contribution in [0.5, 0.6) is 5.75 Å². The first-order valence-electron chi connectivity index (χ1n) is 6.57. The van der Waals surface area contributed by atoms with Crippen LogP contribution in [0.15, 0.2) is 60.7 Å². The summed E-state index contributed by atoms with van der Waals surface area (Å²) in [6, 6.07) is 21.3. The largest absolute Gasteiger partial charge is 0.487 e. The number of benzene rings is 3. The van der Waals surface area contributed by atoms with E-state index in [9.17, 15) is 5.26 Å². The SMILES string of the molecule is N#Cc1c(OCc2ccc(Cl)cc2)ccc2ccccc12. The minimum atomic E-state index is 0.407. The summed E-state index contributed by atoms with van der Waals surface area (Å²) in [4.78, 5) is 0. The first kappa shape index (κ1) is 13.5. The van der Waals surface area contributed by atoms with E-state index in [1.165, 1.54) is 0 Å². The van der Waals surface area contributed by atoms with Crippen LogP contribution in [0.4, 0.5) is 0 Å². The average molecular weight is 294 g/mol. The second kappa shape index (κ2) is 5.87. The Labute approximate surface area is 128 Å². The second-order valence-corrected chi connectivity index (χ2v) is 5.12. The summed E-state index contributed by atoms with van der Waals surface area (Å²) in [5.41, 5.74) is 1.58. The molecule has 0 saturated carbocycles. The van der Waals surface area contributed by atoms with Gasteiger partial charge in [-0.05, 0) is 29.1 Å². The third-order valence-electron chi connectivity index (χ3n) is 3.31. The van der Waals surface area contributed by atoms with Gasteiger partial charge in [0.15, 0.2) is 0 Å². The number of nitrogens with zero attached hydrogens (tertiary/aromatic N) is 1. The molecule has 0 N–H and O–H groups in total. The molecule has 0 heterocycles. The topological polar surface area (TPSA) is 33.0 Å². The average Bonchev–Trinajstić information content (AvgIpc) is 2.53. The number of hydrogen-bond acceptors (Lipinski definition) is 2. The molecular weight excluding hydrogens is 282 g/mol. The van der Waals surface area contributed by atoms with Gasteiger partial charge in [0, 0.05) is 10.4 Å². The van der Waals surface area contributed by atoms with Gasteiger partial charge in [-0.2, -0.15) is 5.26 Å². The van der Waals surface area contributed by atoms with Crippen LogP contribution in [0.3, 0.4) is 0 Å². The van der Waals surface area contributed by atoms with Gasteiger partial charge in [-0.25, -0.2) is 0 Å². The van der Waals surface area contributed by atoms with Gasteiger partial charge in [-0.1, -0.05) is 54.1 Å². The number of rotatable bonds is 3. The molecule has 3 aromatic rings. The van der Waals surface area contributed by atoms with Gasteiger partial charge in [0.2, 0.25) is 0 Å². The van der Waals surface area contributed by atoms with Gasteiger partial charge in [0.05, 0.1) is 0 Å². The minimum absolute atomic E-state index is 0.407.